The molecule has 0 saturated carbocycles. The zero-order chi connectivity index (χ0) is 27.6. The minimum atomic E-state index is -0.588. The van der Waals surface area contributed by atoms with E-state index in [-0.39, 0.29) is 23.1 Å². The highest BCUT2D eigenvalue weighted by Crippen LogP contribution is 2.34. The van der Waals surface area contributed by atoms with Crippen LogP contribution in [-0.2, 0) is 22.5 Å². The maximum Gasteiger partial charge on any atom is 0.266 e. The van der Waals surface area contributed by atoms with Gasteiger partial charge in [-0.2, -0.15) is 0 Å². The quantitative estimate of drug-likeness (QED) is 0.305. The summed E-state index contributed by atoms with van der Waals surface area (Å²) in [5.74, 6) is -0.312. The van der Waals surface area contributed by atoms with Gasteiger partial charge in [-0.05, 0) is 97.9 Å². The Morgan fingerprint density at radius 2 is 1.72 bits per heavy atom. The van der Waals surface area contributed by atoms with Crippen molar-refractivity contribution in [2.24, 2.45) is 10.9 Å². The molecule has 0 aliphatic carbocycles. The van der Waals surface area contributed by atoms with Crippen molar-refractivity contribution in [1.82, 2.24) is 4.90 Å². The lowest BCUT2D eigenvalue weighted by Gasteiger charge is -2.20. The highest BCUT2D eigenvalue weighted by atomic mass is 19.1. The Morgan fingerprint density at radius 1 is 0.974 bits per heavy atom. The Morgan fingerprint density at radius 3 is 2.49 bits per heavy atom. The lowest BCUT2D eigenvalue weighted by molar-refractivity contribution is -0.112. The SMILES string of the molecule is CO/N=C(\CCc1ccc2cc(F)ccc2c1)C(N)=O.Fc1cc(CCCN2CCCC2)cc2c1OCCO2. The van der Waals surface area contributed by atoms with Crippen molar-refractivity contribution in [3.05, 3.63) is 71.3 Å². The van der Waals surface area contributed by atoms with Crippen molar-refractivity contribution in [2.75, 3.05) is 40.0 Å². The molecule has 0 atom stereocenters. The third-order valence-electron chi connectivity index (χ3n) is 6.80. The molecule has 2 aliphatic rings. The van der Waals surface area contributed by atoms with E-state index in [4.69, 9.17) is 15.2 Å². The Balaban J connectivity index is 0.000000181. The standard InChI is InChI=1S/C15H15FN2O2.C15H20FNO2/c1-20-18-14(15(17)19)7-3-10-2-4-12-9-13(16)6-5-11(12)8-10;16-13-10-12(4-3-7-17-5-1-2-6-17)11-14-15(13)19-9-8-18-14/h2,4-6,8-9H,3,7H2,1H3,(H2,17,19);10-11H,1-9H2/b18-14+;. The van der Waals surface area contributed by atoms with Crippen molar-refractivity contribution >= 4 is 22.4 Å². The molecule has 1 amide bonds. The van der Waals surface area contributed by atoms with Gasteiger partial charge in [-0.15, -0.1) is 0 Å². The zero-order valence-corrected chi connectivity index (χ0v) is 22.3. The fourth-order valence-electron chi connectivity index (χ4n) is 4.83. The van der Waals surface area contributed by atoms with Crippen molar-refractivity contribution in [3.8, 4) is 11.5 Å². The van der Waals surface area contributed by atoms with Crippen LogP contribution in [0.25, 0.3) is 10.8 Å². The first-order chi connectivity index (χ1) is 18.9. The number of nitrogens with two attached hydrogens (primary N) is 1. The smallest absolute Gasteiger partial charge is 0.266 e. The summed E-state index contributed by atoms with van der Waals surface area (Å²) in [7, 11) is 1.37. The van der Waals surface area contributed by atoms with Gasteiger partial charge < -0.3 is 24.9 Å². The van der Waals surface area contributed by atoms with Gasteiger partial charge in [0.15, 0.2) is 17.3 Å². The van der Waals surface area contributed by atoms with E-state index < -0.39 is 5.91 Å². The van der Waals surface area contributed by atoms with Gasteiger partial charge in [0.1, 0.15) is 31.9 Å². The van der Waals surface area contributed by atoms with Crippen molar-refractivity contribution in [3.63, 3.8) is 0 Å². The van der Waals surface area contributed by atoms with E-state index >= 15 is 0 Å². The maximum absolute atomic E-state index is 13.8. The second kappa shape index (κ2) is 13.9. The number of oxime groups is 1. The number of hydrogen-bond acceptors (Lipinski definition) is 6. The van der Waals surface area contributed by atoms with E-state index in [1.54, 1.807) is 12.1 Å². The molecule has 1 fully saturated rings. The van der Waals surface area contributed by atoms with Crippen molar-refractivity contribution < 1.29 is 27.9 Å². The van der Waals surface area contributed by atoms with Crippen LogP contribution in [0, 0.1) is 11.6 Å². The topological polar surface area (TPSA) is 86.4 Å². The average molecular weight is 540 g/mol. The van der Waals surface area contributed by atoms with Crippen LogP contribution < -0.4 is 15.2 Å². The molecule has 2 aliphatic heterocycles. The molecule has 0 spiro atoms. The second-order valence-electron chi connectivity index (χ2n) is 9.66. The molecule has 9 heteroatoms. The summed E-state index contributed by atoms with van der Waals surface area (Å²) in [5.41, 5.74) is 7.43. The predicted molar refractivity (Wildman–Crippen MR) is 147 cm³/mol. The molecule has 208 valence electrons. The minimum absolute atomic E-state index is 0.201. The Bertz CT molecular complexity index is 1310. The van der Waals surface area contributed by atoms with Crippen LogP contribution in [0.5, 0.6) is 11.5 Å². The van der Waals surface area contributed by atoms with E-state index in [9.17, 15) is 13.6 Å². The predicted octanol–water partition coefficient (Wildman–Crippen LogP) is 5.02. The molecule has 5 rings (SSSR count). The number of aryl methyl sites for hydroxylation is 2. The molecule has 39 heavy (non-hydrogen) atoms. The third kappa shape index (κ3) is 8.13. The highest BCUT2D eigenvalue weighted by Gasteiger charge is 2.18. The maximum atomic E-state index is 13.8. The molecule has 1 saturated heterocycles. The number of carbonyl (C=O) groups is 1. The van der Waals surface area contributed by atoms with Crippen LogP contribution in [0.4, 0.5) is 8.78 Å². The molecule has 2 N–H and O–H groups in total. The van der Waals surface area contributed by atoms with Crippen LogP contribution in [0.3, 0.4) is 0 Å². The largest absolute Gasteiger partial charge is 0.486 e. The molecule has 7 nitrogen and oxygen atoms in total. The summed E-state index contributed by atoms with van der Waals surface area (Å²) in [6, 6.07) is 13.8. The first kappa shape index (κ1) is 28.3. The van der Waals surface area contributed by atoms with E-state index in [1.165, 1.54) is 45.2 Å². The van der Waals surface area contributed by atoms with Crippen molar-refractivity contribution in [1.29, 1.82) is 0 Å². The molecule has 0 aromatic heterocycles. The number of hydrogen-bond donors (Lipinski definition) is 1. The van der Waals surface area contributed by atoms with Crippen LogP contribution in [0.15, 0.2) is 53.7 Å². The number of primary amides is 1. The van der Waals surface area contributed by atoms with Crippen LogP contribution in [0.1, 0.15) is 36.8 Å². The Labute approximate surface area is 227 Å². The summed E-state index contributed by atoms with van der Waals surface area (Å²) in [6.07, 6.45) is 5.61. The fourth-order valence-corrected chi connectivity index (χ4v) is 4.83. The van der Waals surface area contributed by atoms with Gasteiger partial charge in [0.2, 0.25) is 0 Å². The molecule has 0 radical (unpaired) electrons. The molecule has 2 heterocycles. The number of benzene rings is 3. The molecule has 3 aromatic carbocycles. The van der Waals surface area contributed by atoms with Crippen molar-refractivity contribution in [2.45, 2.75) is 38.5 Å². The van der Waals surface area contributed by atoms with Gasteiger partial charge >= 0.3 is 0 Å². The normalized spacial score (nSPS) is 15.1. The van der Waals surface area contributed by atoms with E-state index in [2.05, 4.69) is 14.9 Å². The minimum Gasteiger partial charge on any atom is -0.486 e. The Hall–Kier alpha value is -3.72. The summed E-state index contributed by atoms with van der Waals surface area (Å²) in [4.78, 5) is 18.2. The first-order valence-corrected chi connectivity index (χ1v) is 13.3. The fraction of sp³-hybridized carbons (Fsp3) is 0.400. The molecule has 3 aromatic rings. The zero-order valence-electron chi connectivity index (χ0n) is 22.3. The number of nitrogens with zero attached hydrogens (tertiary/aromatic N) is 2. The van der Waals surface area contributed by atoms with E-state index in [1.807, 2.05) is 24.3 Å². The highest BCUT2D eigenvalue weighted by molar-refractivity contribution is 6.38. The second-order valence-corrected chi connectivity index (χ2v) is 9.66. The van der Waals surface area contributed by atoms with Gasteiger partial charge in [0.25, 0.3) is 5.91 Å². The number of amides is 1. The summed E-state index contributed by atoms with van der Waals surface area (Å²) in [6.45, 7) is 4.48. The van der Waals surface area contributed by atoms with Gasteiger partial charge in [-0.3, -0.25) is 4.79 Å². The third-order valence-corrected chi connectivity index (χ3v) is 6.80. The molecular formula is C30H35F2N3O4. The number of ether oxygens (including phenoxy) is 2. The molecule has 0 bridgehead atoms. The number of rotatable bonds is 9. The van der Waals surface area contributed by atoms with Gasteiger partial charge in [0.05, 0.1) is 0 Å². The molecule has 0 unspecified atom stereocenters. The van der Waals surface area contributed by atoms with E-state index in [0.717, 1.165) is 41.3 Å². The van der Waals surface area contributed by atoms with Gasteiger partial charge in [-0.25, -0.2) is 8.78 Å². The lowest BCUT2D eigenvalue weighted by Crippen LogP contribution is -2.24. The van der Waals surface area contributed by atoms with Crippen LogP contribution in [0.2, 0.25) is 0 Å². The van der Waals surface area contributed by atoms with Gasteiger partial charge in [0, 0.05) is 6.42 Å². The lowest BCUT2D eigenvalue weighted by atomic mass is 10.0. The summed E-state index contributed by atoms with van der Waals surface area (Å²) in [5, 5.41) is 5.40. The van der Waals surface area contributed by atoms with Crippen LogP contribution in [-0.4, -0.2) is 56.5 Å². The number of likely N-dealkylation sites (tertiary alicyclic amines) is 1. The number of carbonyl (C=O) groups excluding carboxylic acids is 1. The van der Waals surface area contributed by atoms with Crippen LogP contribution >= 0.6 is 0 Å². The first-order valence-electron chi connectivity index (χ1n) is 13.3. The summed E-state index contributed by atoms with van der Waals surface area (Å²) < 4.78 is 37.7. The average Bonchev–Trinajstić information content (AvgIpc) is 3.45. The van der Waals surface area contributed by atoms with Gasteiger partial charge in [-0.1, -0.05) is 29.4 Å². The molecular weight excluding hydrogens is 504 g/mol. The summed E-state index contributed by atoms with van der Waals surface area (Å²) >= 11 is 0. The van der Waals surface area contributed by atoms with E-state index in [0.29, 0.717) is 31.8 Å². The number of halogens is 2. The number of fused-ring (bicyclic) bond motifs is 2. The monoisotopic (exact) mass is 539 g/mol. The Kier molecular flexibility index (Phi) is 10.1.